The second-order valence-electron chi connectivity index (χ2n) is 4.81. The summed E-state index contributed by atoms with van der Waals surface area (Å²) >= 11 is 0. The Kier molecular flexibility index (Phi) is 4.68. The van der Waals surface area contributed by atoms with Crippen LogP contribution in [-0.2, 0) is 4.74 Å². The van der Waals surface area contributed by atoms with Crippen LogP contribution in [0.2, 0.25) is 0 Å². The number of nitrogens with zero attached hydrogens (tertiary/aromatic N) is 2. The Balaban J connectivity index is 1.84. The summed E-state index contributed by atoms with van der Waals surface area (Å²) in [6.07, 6.45) is 4.49. The zero-order valence-corrected chi connectivity index (χ0v) is 11.1. The van der Waals surface area contributed by atoms with Crippen molar-refractivity contribution in [3.8, 4) is 0 Å². The second-order valence-corrected chi connectivity index (χ2v) is 4.81. The molecule has 1 aromatic heterocycles. The normalized spacial score (nSPS) is 19.1. The second kappa shape index (κ2) is 6.47. The largest absolute Gasteiger partial charge is 0.378 e. The van der Waals surface area contributed by atoms with Crippen molar-refractivity contribution in [2.24, 2.45) is 0 Å². The minimum atomic E-state index is -0.310. The van der Waals surface area contributed by atoms with Crippen LogP contribution in [0.15, 0.2) is 16.9 Å². The molecule has 1 fully saturated rings. The molecule has 0 bridgehead atoms. The molecule has 104 valence electrons. The number of hydrogen-bond acceptors (Lipinski definition) is 4. The van der Waals surface area contributed by atoms with Crippen molar-refractivity contribution >= 4 is 5.91 Å². The van der Waals surface area contributed by atoms with Gasteiger partial charge in [0.05, 0.1) is 6.10 Å². The average Bonchev–Trinajstić information content (AvgIpc) is 2.46. The lowest BCUT2D eigenvalue weighted by atomic mass is 10.1. The molecule has 1 N–H and O–H groups in total. The topological polar surface area (TPSA) is 75.3 Å². The van der Waals surface area contributed by atoms with Gasteiger partial charge in [-0.1, -0.05) is 0 Å². The summed E-state index contributed by atoms with van der Waals surface area (Å²) in [4.78, 5) is 24.5. The van der Waals surface area contributed by atoms with Gasteiger partial charge in [-0.05, 0) is 31.7 Å². The molecule has 1 unspecified atom stereocenters. The summed E-state index contributed by atoms with van der Waals surface area (Å²) in [6, 6.07) is 2.74. The van der Waals surface area contributed by atoms with E-state index in [4.69, 9.17) is 4.74 Å². The molecule has 2 rings (SSSR count). The molecule has 1 atom stereocenters. The molecule has 6 heteroatoms. The van der Waals surface area contributed by atoms with Crippen LogP contribution in [0.5, 0.6) is 0 Å². The molecule has 1 amide bonds. The zero-order valence-electron chi connectivity index (χ0n) is 11.1. The predicted molar refractivity (Wildman–Crippen MR) is 70.0 cm³/mol. The number of H-pyrrole nitrogens is 1. The van der Waals surface area contributed by atoms with Crippen molar-refractivity contribution < 1.29 is 9.53 Å². The number of hydrogen-bond donors (Lipinski definition) is 1. The summed E-state index contributed by atoms with van der Waals surface area (Å²) < 4.78 is 5.63. The maximum absolute atomic E-state index is 12.0. The van der Waals surface area contributed by atoms with E-state index in [2.05, 4.69) is 10.2 Å². The summed E-state index contributed by atoms with van der Waals surface area (Å²) in [5.74, 6) is -0.188. The van der Waals surface area contributed by atoms with Crippen molar-refractivity contribution in [3.63, 3.8) is 0 Å². The molecule has 1 saturated heterocycles. The number of ether oxygens (including phenoxy) is 1. The first-order valence-corrected chi connectivity index (χ1v) is 6.59. The van der Waals surface area contributed by atoms with Crippen molar-refractivity contribution in [2.75, 3.05) is 20.2 Å². The van der Waals surface area contributed by atoms with Gasteiger partial charge in [-0.3, -0.25) is 9.59 Å². The molecule has 0 aliphatic carbocycles. The number of amides is 1. The minimum absolute atomic E-state index is 0.188. The Morgan fingerprint density at radius 2 is 2.37 bits per heavy atom. The quantitative estimate of drug-likeness (QED) is 0.873. The Hall–Kier alpha value is -1.69. The van der Waals surface area contributed by atoms with Crippen molar-refractivity contribution in [2.45, 2.75) is 31.8 Å². The van der Waals surface area contributed by atoms with E-state index in [-0.39, 0.29) is 23.3 Å². The van der Waals surface area contributed by atoms with Gasteiger partial charge in [0.25, 0.3) is 11.5 Å². The van der Waals surface area contributed by atoms with Crippen LogP contribution in [-0.4, -0.2) is 47.3 Å². The highest BCUT2D eigenvalue weighted by Crippen LogP contribution is 2.15. The molecule has 0 radical (unpaired) electrons. The third-order valence-corrected chi connectivity index (χ3v) is 3.31. The summed E-state index contributed by atoms with van der Waals surface area (Å²) in [7, 11) is 1.73. The minimum Gasteiger partial charge on any atom is -0.378 e. The lowest BCUT2D eigenvalue weighted by Crippen LogP contribution is -2.32. The van der Waals surface area contributed by atoms with E-state index in [1.54, 1.807) is 11.9 Å². The van der Waals surface area contributed by atoms with Crippen LogP contribution >= 0.6 is 0 Å². The van der Waals surface area contributed by atoms with E-state index >= 15 is 0 Å². The van der Waals surface area contributed by atoms with Crippen LogP contribution < -0.4 is 5.56 Å². The number of aromatic amines is 1. The van der Waals surface area contributed by atoms with Crippen molar-refractivity contribution in [1.82, 2.24) is 15.1 Å². The van der Waals surface area contributed by atoms with Gasteiger partial charge in [-0.15, -0.1) is 0 Å². The van der Waals surface area contributed by atoms with Crippen LogP contribution in [0.1, 0.15) is 36.2 Å². The number of nitrogens with one attached hydrogen (secondary N) is 1. The lowest BCUT2D eigenvalue weighted by molar-refractivity contribution is 0.00705. The van der Waals surface area contributed by atoms with Crippen LogP contribution in [0.4, 0.5) is 0 Å². The van der Waals surface area contributed by atoms with E-state index in [1.165, 1.54) is 18.6 Å². The molecule has 0 saturated carbocycles. The molecule has 19 heavy (non-hydrogen) atoms. The molecule has 1 aliphatic heterocycles. The van der Waals surface area contributed by atoms with Crippen LogP contribution in [0.3, 0.4) is 0 Å². The molecular weight excluding hydrogens is 246 g/mol. The first kappa shape index (κ1) is 13.7. The SMILES string of the molecule is CN(CCC1CCCCO1)C(=O)c1ccc(=O)[nH]n1. The third kappa shape index (κ3) is 3.89. The first-order chi connectivity index (χ1) is 9.16. The van der Waals surface area contributed by atoms with Gasteiger partial charge in [-0.25, -0.2) is 5.10 Å². The van der Waals surface area contributed by atoms with E-state index in [0.717, 1.165) is 25.9 Å². The maximum atomic E-state index is 12.0. The Labute approximate surface area is 111 Å². The van der Waals surface area contributed by atoms with Gasteiger partial charge in [0, 0.05) is 26.3 Å². The molecule has 0 spiro atoms. The predicted octanol–water partition coefficient (Wildman–Crippen LogP) is 0.801. The molecular formula is C13H19N3O3. The molecule has 6 nitrogen and oxygen atoms in total. The fourth-order valence-corrected chi connectivity index (χ4v) is 2.13. The lowest BCUT2D eigenvalue weighted by Gasteiger charge is -2.25. The average molecular weight is 265 g/mol. The van der Waals surface area contributed by atoms with Gasteiger partial charge >= 0.3 is 0 Å². The number of rotatable bonds is 4. The van der Waals surface area contributed by atoms with Crippen molar-refractivity contribution in [3.05, 3.63) is 28.2 Å². The monoisotopic (exact) mass is 265 g/mol. The first-order valence-electron chi connectivity index (χ1n) is 6.59. The maximum Gasteiger partial charge on any atom is 0.274 e. The smallest absolute Gasteiger partial charge is 0.274 e. The Bertz CT molecular complexity index is 460. The van der Waals surface area contributed by atoms with E-state index in [9.17, 15) is 9.59 Å². The summed E-state index contributed by atoms with van der Waals surface area (Å²) in [5, 5.41) is 6.00. The van der Waals surface area contributed by atoms with Gasteiger partial charge in [0.15, 0.2) is 0 Å². The highest BCUT2D eigenvalue weighted by molar-refractivity contribution is 5.91. The van der Waals surface area contributed by atoms with E-state index in [0.29, 0.717) is 6.54 Å². The van der Waals surface area contributed by atoms with Gasteiger partial charge < -0.3 is 9.64 Å². The molecule has 0 aromatic carbocycles. The van der Waals surface area contributed by atoms with E-state index in [1.807, 2.05) is 0 Å². The molecule has 2 heterocycles. The number of carbonyl (C=O) groups excluding carboxylic acids is 1. The standard InChI is InChI=1S/C13H19N3O3/c1-16(8-7-10-4-2-3-9-19-10)13(18)11-5-6-12(17)15-14-11/h5-6,10H,2-4,7-9H2,1H3,(H,15,17). The Morgan fingerprint density at radius 1 is 1.53 bits per heavy atom. The van der Waals surface area contributed by atoms with Crippen LogP contribution in [0.25, 0.3) is 0 Å². The van der Waals surface area contributed by atoms with Gasteiger partial charge in [-0.2, -0.15) is 5.10 Å². The zero-order chi connectivity index (χ0) is 13.7. The third-order valence-electron chi connectivity index (χ3n) is 3.31. The fourth-order valence-electron chi connectivity index (χ4n) is 2.13. The highest BCUT2D eigenvalue weighted by Gasteiger charge is 2.17. The number of carbonyl (C=O) groups is 1. The fraction of sp³-hybridized carbons (Fsp3) is 0.615. The van der Waals surface area contributed by atoms with Crippen molar-refractivity contribution in [1.29, 1.82) is 0 Å². The van der Waals surface area contributed by atoms with Gasteiger partial charge in [0.2, 0.25) is 0 Å². The number of aromatic nitrogens is 2. The van der Waals surface area contributed by atoms with Gasteiger partial charge in [0.1, 0.15) is 5.69 Å². The Morgan fingerprint density at radius 3 is 3.00 bits per heavy atom. The molecule has 1 aliphatic rings. The molecule has 1 aromatic rings. The summed E-state index contributed by atoms with van der Waals surface area (Å²) in [6.45, 7) is 1.45. The van der Waals surface area contributed by atoms with Crippen LogP contribution in [0, 0.1) is 0 Å². The van der Waals surface area contributed by atoms with E-state index < -0.39 is 0 Å². The highest BCUT2D eigenvalue weighted by atomic mass is 16.5. The summed E-state index contributed by atoms with van der Waals surface area (Å²) in [5.41, 5.74) is -0.0542.